The van der Waals surface area contributed by atoms with Crippen molar-refractivity contribution in [1.29, 1.82) is 0 Å². The quantitative estimate of drug-likeness (QED) is 0.792. The Kier molecular flexibility index (Phi) is 3.02. The number of pyridine rings is 1. The van der Waals surface area contributed by atoms with Gasteiger partial charge in [0.1, 0.15) is 11.4 Å². The van der Waals surface area contributed by atoms with Gasteiger partial charge in [-0.05, 0) is 24.6 Å². The second-order valence-electron chi connectivity index (χ2n) is 4.73. The molecule has 0 unspecified atom stereocenters. The number of H-pyrrole nitrogens is 1. The average molecular weight is 269 g/mol. The molecule has 0 radical (unpaired) electrons. The maximum absolute atomic E-state index is 11.9. The van der Waals surface area contributed by atoms with Crippen molar-refractivity contribution >= 4 is 11.0 Å². The molecular weight excluding hydrogens is 254 g/mol. The van der Waals surface area contributed by atoms with Crippen LogP contribution < -0.4 is 10.2 Å². The highest BCUT2D eigenvalue weighted by atomic mass is 16.5. The smallest absolute Gasteiger partial charge is 0.192 e. The third-order valence-corrected chi connectivity index (χ3v) is 3.26. The fourth-order valence-electron chi connectivity index (χ4n) is 2.22. The fourth-order valence-corrected chi connectivity index (χ4v) is 2.22. The Labute approximate surface area is 115 Å². The molecule has 3 aromatic rings. The third kappa shape index (κ3) is 2.18. The van der Waals surface area contributed by atoms with Crippen molar-refractivity contribution in [3.63, 3.8) is 0 Å². The van der Waals surface area contributed by atoms with E-state index >= 15 is 0 Å². The number of aromatic amines is 1. The Morgan fingerprint density at radius 2 is 2.05 bits per heavy atom. The highest BCUT2D eigenvalue weighted by molar-refractivity contribution is 5.74. The molecule has 1 aromatic carbocycles. The lowest BCUT2D eigenvalue weighted by atomic mass is 10.2. The first kappa shape index (κ1) is 12.5. The van der Waals surface area contributed by atoms with Crippen molar-refractivity contribution in [2.24, 2.45) is 0 Å². The molecule has 0 amide bonds. The van der Waals surface area contributed by atoms with Crippen LogP contribution in [0.25, 0.3) is 11.0 Å². The van der Waals surface area contributed by atoms with Crippen LogP contribution in [0.3, 0.4) is 0 Å². The summed E-state index contributed by atoms with van der Waals surface area (Å²) in [5.74, 6) is 0.823. The first-order valence-corrected chi connectivity index (χ1v) is 6.36. The molecule has 0 atom stereocenters. The van der Waals surface area contributed by atoms with Crippen LogP contribution in [-0.4, -0.2) is 21.9 Å². The zero-order chi connectivity index (χ0) is 14.1. The van der Waals surface area contributed by atoms with E-state index in [4.69, 9.17) is 4.74 Å². The van der Waals surface area contributed by atoms with Crippen LogP contribution in [0, 0.1) is 6.92 Å². The number of fused-ring (bicyclic) bond motifs is 1. The molecule has 0 spiro atoms. The van der Waals surface area contributed by atoms with Gasteiger partial charge in [-0.3, -0.25) is 4.79 Å². The van der Waals surface area contributed by atoms with E-state index in [1.54, 1.807) is 24.1 Å². The summed E-state index contributed by atoms with van der Waals surface area (Å²) in [6, 6.07) is 9.38. The molecule has 102 valence electrons. The van der Waals surface area contributed by atoms with E-state index in [0.717, 1.165) is 22.7 Å². The molecule has 20 heavy (non-hydrogen) atoms. The standard InChI is InChI=1S/C15H15N3O2/c1-10-7-14(19)13-8-16-18(15(13)17-10)9-11-3-5-12(20-2)6-4-11/h3-8H,9H2,1-2H3,(H,17,19). The molecule has 5 heteroatoms. The van der Waals surface area contributed by atoms with Crippen LogP contribution >= 0.6 is 0 Å². The Morgan fingerprint density at radius 3 is 2.75 bits per heavy atom. The highest BCUT2D eigenvalue weighted by Gasteiger charge is 2.07. The summed E-state index contributed by atoms with van der Waals surface area (Å²) in [6.45, 7) is 2.47. The Morgan fingerprint density at radius 1 is 1.30 bits per heavy atom. The molecule has 2 heterocycles. The number of nitrogens with one attached hydrogen (secondary N) is 1. The monoisotopic (exact) mass is 269 g/mol. The summed E-state index contributed by atoms with van der Waals surface area (Å²) in [6.07, 6.45) is 1.61. The van der Waals surface area contributed by atoms with Gasteiger partial charge in [0, 0.05) is 11.8 Å². The van der Waals surface area contributed by atoms with Crippen molar-refractivity contribution in [2.75, 3.05) is 7.11 Å². The molecule has 2 aromatic heterocycles. The summed E-state index contributed by atoms with van der Waals surface area (Å²) in [5, 5.41) is 4.90. The average Bonchev–Trinajstić information content (AvgIpc) is 2.83. The van der Waals surface area contributed by atoms with Crippen molar-refractivity contribution in [3.05, 3.63) is 58.0 Å². The molecule has 0 fully saturated rings. The fraction of sp³-hybridized carbons (Fsp3) is 0.200. The third-order valence-electron chi connectivity index (χ3n) is 3.26. The van der Waals surface area contributed by atoms with E-state index in [2.05, 4.69) is 10.1 Å². The SMILES string of the molecule is COc1ccc(Cn2ncc3c(=O)cc(C)[nH]c32)cc1. The van der Waals surface area contributed by atoms with Crippen LogP contribution in [0.1, 0.15) is 11.3 Å². The number of aromatic nitrogens is 3. The maximum Gasteiger partial charge on any atom is 0.192 e. The summed E-state index contributed by atoms with van der Waals surface area (Å²) >= 11 is 0. The van der Waals surface area contributed by atoms with Crippen molar-refractivity contribution in [1.82, 2.24) is 14.8 Å². The minimum absolute atomic E-state index is 0.00256. The van der Waals surface area contributed by atoms with Gasteiger partial charge in [0.05, 0.1) is 25.2 Å². The number of nitrogens with zero attached hydrogens (tertiary/aromatic N) is 2. The van der Waals surface area contributed by atoms with Crippen molar-refractivity contribution in [3.8, 4) is 5.75 Å². The van der Waals surface area contributed by atoms with Gasteiger partial charge in [0.15, 0.2) is 5.43 Å². The van der Waals surface area contributed by atoms with Gasteiger partial charge in [0.25, 0.3) is 0 Å². The van der Waals surface area contributed by atoms with Gasteiger partial charge in [0.2, 0.25) is 0 Å². The van der Waals surface area contributed by atoms with Crippen LogP contribution in [0.5, 0.6) is 5.75 Å². The number of aryl methyl sites for hydroxylation is 1. The topological polar surface area (TPSA) is 59.9 Å². The van der Waals surface area contributed by atoms with Gasteiger partial charge in [-0.15, -0.1) is 0 Å². The van der Waals surface area contributed by atoms with E-state index < -0.39 is 0 Å². The van der Waals surface area contributed by atoms with Gasteiger partial charge >= 0.3 is 0 Å². The molecular formula is C15H15N3O2. The summed E-state index contributed by atoms with van der Waals surface area (Å²) in [7, 11) is 1.64. The molecule has 0 aliphatic carbocycles. The molecule has 0 saturated carbocycles. The minimum atomic E-state index is -0.00256. The number of benzene rings is 1. The predicted octanol–water partition coefficient (Wildman–Crippen LogP) is 2.09. The second-order valence-corrected chi connectivity index (χ2v) is 4.73. The van der Waals surface area contributed by atoms with E-state index in [0.29, 0.717) is 11.9 Å². The molecule has 0 aliphatic rings. The van der Waals surface area contributed by atoms with E-state index in [1.165, 1.54) is 0 Å². The van der Waals surface area contributed by atoms with Gasteiger partial charge in [-0.2, -0.15) is 5.10 Å². The molecule has 0 bridgehead atoms. The number of hydrogen-bond donors (Lipinski definition) is 1. The lowest BCUT2D eigenvalue weighted by molar-refractivity contribution is 0.414. The zero-order valence-electron chi connectivity index (χ0n) is 11.4. The van der Waals surface area contributed by atoms with E-state index in [9.17, 15) is 4.79 Å². The lowest BCUT2D eigenvalue weighted by Crippen LogP contribution is -2.06. The number of ether oxygens (including phenoxy) is 1. The first-order chi connectivity index (χ1) is 9.67. The predicted molar refractivity (Wildman–Crippen MR) is 77.2 cm³/mol. The lowest BCUT2D eigenvalue weighted by Gasteiger charge is -2.05. The summed E-state index contributed by atoms with van der Waals surface area (Å²) in [5.41, 5.74) is 2.68. The summed E-state index contributed by atoms with van der Waals surface area (Å²) in [4.78, 5) is 15.1. The molecule has 0 saturated heterocycles. The minimum Gasteiger partial charge on any atom is -0.497 e. The first-order valence-electron chi connectivity index (χ1n) is 6.36. The number of hydrogen-bond acceptors (Lipinski definition) is 3. The van der Waals surface area contributed by atoms with Crippen molar-refractivity contribution < 1.29 is 4.74 Å². The van der Waals surface area contributed by atoms with Crippen LogP contribution in [-0.2, 0) is 6.54 Å². The van der Waals surface area contributed by atoms with Gasteiger partial charge in [-0.25, -0.2) is 4.68 Å². The second kappa shape index (κ2) is 4.85. The Bertz CT molecular complexity index is 800. The molecule has 0 aliphatic heterocycles. The molecule has 1 N–H and O–H groups in total. The Balaban J connectivity index is 2.00. The van der Waals surface area contributed by atoms with Gasteiger partial charge in [-0.1, -0.05) is 12.1 Å². The zero-order valence-corrected chi connectivity index (χ0v) is 11.4. The van der Waals surface area contributed by atoms with E-state index in [1.807, 2.05) is 31.2 Å². The number of methoxy groups -OCH3 is 1. The highest BCUT2D eigenvalue weighted by Crippen LogP contribution is 2.14. The van der Waals surface area contributed by atoms with Crippen LogP contribution in [0.15, 0.2) is 41.3 Å². The normalized spacial score (nSPS) is 10.9. The molecule has 5 nitrogen and oxygen atoms in total. The molecule has 3 rings (SSSR count). The largest absolute Gasteiger partial charge is 0.497 e. The van der Waals surface area contributed by atoms with Crippen molar-refractivity contribution in [2.45, 2.75) is 13.5 Å². The van der Waals surface area contributed by atoms with Crippen LogP contribution in [0.4, 0.5) is 0 Å². The summed E-state index contributed by atoms with van der Waals surface area (Å²) < 4.78 is 6.93. The number of rotatable bonds is 3. The van der Waals surface area contributed by atoms with Gasteiger partial charge < -0.3 is 9.72 Å². The van der Waals surface area contributed by atoms with E-state index in [-0.39, 0.29) is 5.43 Å². The van der Waals surface area contributed by atoms with Crippen LogP contribution in [0.2, 0.25) is 0 Å². The Hall–Kier alpha value is -2.56. The maximum atomic E-state index is 11.9.